The summed E-state index contributed by atoms with van der Waals surface area (Å²) in [6.07, 6.45) is 1.64. The number of likely N-dealkylation sites (tertiary alicyclic amines) is 1. The highest BCUT2D eigenvalue weighted by Gasteiger charge is 2.45. The van der Waals surface area contributed by atoms with Crippen molar-refractivity contribution in [2.45, 2.75) is 32.7 Å². The molecule has 1 aliphatic heterocycles. The maximum Gasteiger partial charge on any atom is 0.295 e. The number of carbonyl (C=O) groups is 2. The first kappa shape index (κ1) is 23.7. The van der Waals surface area contributed by atoms with Gasteiger partial charge in [-0.15, -0.1) is 0 Å². The molecule has 1 N–H and O–H groups in total. The van der Waals surface area contributed by atoms with Crippen LogP contribution in [0.5, 0.6) is 5.75 Å². The molecule has 1 saturated heterocycles. The molecule has 1 aliphatic rings. The van der Waals surface area contributed by atoms with Crippen LogP contribution in [0.25, 0.3) is 5.76 Å². The highest BCUT2D eigenvalue weighted by molar-refractivity contribution is 6.46. The van der Waals surface area contributed by atoms with Crippen LogP contribution in [0.3, 0.4) is 0 Å². The van der Waals surface area contributed by atoms with E-state index in [1.54, 1.807) is 23.1 Å². The molecule has 170 valence electrons. The third-order valence-electron chi connectivity index (χ3n) is 5.52. The van der Waals surface area contributed by atoms with E-state index < -0.39 is 17.7 Å². The minimum Gasteiger partial charge on any atom is -0.507 e. The van der Waals surface area contributed by atoms with Gasteiger partial charge in [-0.1, -0.05) is 37.1 Å². The average Bonchev–Trinajstić information content (AvgIpc) is 3.03. The van der Waals surface area contributed by atoms with Crippen LogP contribution in [-0.2, 0) is 9.59 Å². The summed E-state index contributed by atoms with van der Waals surface area (Å²) in [5.41, 5.74) is 2.22. The maximum absolute atomic E-state index is 13.1. The number of aliphatic hydroxyl groups excluding tert-OH is 1. The predicted octanol–water partition coefficient (Wildman–Crippen LogP) is 5.03. The smallest absolute Gasteiger partial charge is 0.295 e. The molecule has 0 spiro atoms. The van der Waals surface area contributed by atoms with E-state index in [0.717, 1.165) is 24.1 Å². The van der Waals surface area contributed by atoms with E-state index in [-0.39, 0.29) is 11.3 Å². The summed E-state index contributed by atoms with van der Waals surface area (Å²) in [7, 11) is 3.89. The van der Waals surface area contributed by atoms with Gasteiger partial charge in [0, 0.05) is 31.9 Å². The molecular formula is C25H29ClN2O4. The number of benzene rings is 2. The minimum absolute atomic E-state index is 0.0773. The van der Waals surface area contributed by atoms with Crippen LogP contribution in [0, 0.1) is 0 Å². The molecule has 1 atom stereocenters. The highest BCUT2D eigenvalue weighted by atomic mass is 35.5. The molecule has 3 rings (SSSR count). The summed E-state index contributed by atoms with van der Waals surface area (Å²) in [6, 6.07) is 11.8. The quantitative estimate of drug-likeness (QED) is 0.343. The fraction of sp³-hybridized carbons (Fsp3) is 0.360. The number of carbonyl (C=O) groups excluding carboxylic acids is 2. The zero-order chi connectivity index (χ0) is 23.4. The summed E-state index contributed by atoms with van der Waals surface area (Å²) in [4.78, 5) is 29.5. The molecule has 0 radical (unpaired) electrons. The third kappa shape index (κ3) is 4.60. The average molecular weight is 457 g/mol. The first-order chi connectivity index (χ1) is 15.3. The fourth-order valence-electron chi connectivity index (χ4n) is 3.81. The van der Waals surface area contributed by atoms with Crippen molar-refractivity contribution in [3.05, 3.63) is 64.2 Å². The lowest BCUT2D eigenvalue weighted by molar-refractivity contribution is -0.139. The third-order valence-corrected chi connectivity index (χ3v) is 5.83. The Kier molecular flexibility index (Phi) is 7.46. The molecule has 1 fully saturated rings. The van der Waals surface area contributed by atoms with Crippen molar-refractivity contribution in [3.8, 4) is 5.75 Å². The maximum atomic E-state index is 13.1. The Morgan fingerprint density at radius 1 is 1.12 bits per heavy atom. The van der Waals surface area contributed by atoms with Crippen LogP contribution in [-0.4, -0.2) is 48.9 Å². The van der Waals surface area contributed by atoms with Crippen molar-refractivity contribution in [2.75, 3.05) is 32.1 Å². The molecule has 0 aliphatic carbocycles. The number of rotatable bonds is 8. The standard InChI is InChI=1S/C25H29ClN2O4/c1-5-7-14-28-22(16-8-11-18(12-9-16)27(3)4)21(24(30)25(28)31)23(29)17-10-13-19(26)20(15-17)32-6-2/h8-13,15,22,29H,5-7,14H2,1-4H3/b23-21-. The highest BCUT2D eigenvalue weighted by Crippen LogP contribution is 2.40. The SMILES string of the molecule is CCCCN1C(=O)C(=O)/C(=C(\O)c2ccc(Cl)c(OCC)c2)C1c1ccc(N(C)C)cc1. The van der Waals surface area contributed by atoms with Crippen LogP contribution >= 0.6 is 11.6 Å². The molecule has 2 aromatic carbocycles. The zero-order valence-electron chi connectivity index (χ0n) is 18.9. The van der Waals surface area contributed by atoms with E-state index in [9.17, 15) is 14.7 Å². The molecule has 1 amide bonds. The van der Waals surface area contributed by atoms with Gasteiger partial charge in [-0.2, -0.15) is 0 Å². The Bertz CT molecular complexity index is 1030. The molecule has 0 saturated carbocycles. The summed E-state index contributed by atoms with van der Waals surface area (Å²) in [5, 5.41) is 11.6. The molecule has 0 aromatic heterocycles. The van der Waals surface area contributed by atoms with Gasteiger partial charge >= 0.3 is 0 Å². The number of aliphatic hydroxyl groups is 1. The summed E-state index contributed by atoms with van der Waals surface area (Å²) < 4.78 is 5.53. The monoisotopic (exact) mass is 456 g/mol. The van der Waals surface area contributed by atoms with Crippen molar-refractivity contribution in [3.63, 3.8) is 0 Å². The van der Waals surface area contributed by atoms with Gasteiger partial charge in [0.15, 0.2) is 0 Å². The van der Waals surface area contributed by atoms with Crippen LogP contribution in [0.2, 0.25) is 5.02 Å². The molecule has 32 heavy (non-hydrogen) atoms. The number of unbranched alkanes of at least 4 members (excludes halogenated alkanes) is 1. The Hall–Kier alpha value is -2.99. The summed E-state index contributed by atoms with van der Waals surface area (Å²) in [5.74, 6) is -1.11. The van der Waals surface area contributed by atoms with Gasteiger partial charge in [0.2, 0.25) is 0 Å². The predicted molar refractivity (Wildman–Crippen MR) is 127 cm³/mol. The Morgan fingerprint density at radius 3 is 2.41 bits per heavy atom. The van der Waals surface area contributed by atoms with Crippen LogP contribution < -0.4 is 9.64 Å². The first-order valence-corrected chi connectivity index (χ1v) is 11.2. The van der Waals surface area contributed by atoms with E-state index in [2.05, 4.69) is 0 Å². The fourth-order valence-corrected chi connectivity index (χ4v) is 3.98. The first-order valence-electron chi connectivity index (χ1n) is 10.8. The van der Waals surface area contributed by atoms with E-state index in [4.69, 9.17) is 16.3 Å². The number of nitrogens with zero attached hydrogens (tertiary/aromatic N) is 2. The van der Waals surface area contributed by atoms with Crippen molar-refractivity contribution >= 4 is 34.7 Å². The van der Waals surface area contributed by atoms with Crippen molar-refractivity contribution < 1.29 is 19.4 Å². The van der Waals surface area contributed by atoms with Crippen molar-refractivity contribution in [2.24, 2.45) is 0 Å². The zero-order valence-corrected chi connectivity index (χ0v) is 19.6. The lowest BCUT2D eigenvalue weighted by Crippen LogP contribution is -2.30. The normalized spacial score (nSPS) is 17.7. The van der Waals surface area contributed by atoms with Crippen molar-refractivity contribution in [1.29, 1.82) is 0 Å². The van der Waals surface area contributed by atoms with E-state index >= 15 is 0 Å². The van der Waals surface area contributed by atoms with E-state index in [0.29, 0.717) is 29.5 Å². The lowest BCUT2D eigenvalue weighted by Gasteiger charge is -2.26. The molecule has 2 aromatic rings. The Balaban J connectivity index is 2.14. The molecule has 6 nitrogen and oxygen atoms in total. The topological polar surface area (TPSA) is 70.1 Å². The number of halogens is 1. The number of hydrogen-bond donors (Lipinski definition) is 1. The number of anilines is 1. The molecule has 1 heterocycles. The second kappa shape index (κ2) is 10.1. The van der Waals surface area contributed by atoms with Crippen LogP contribution in [0.15, 0.2) is 48.0 Å². The largest absolute Gasteiger partial charge is 0.507 e. The lowest BCUT2D eigenvalue weighted by atomic mass is 9.95. The van der Waals surface area contributed by atoms with Crippen LogP contribution in [0.1, 0.15) is 43.9 Å². The van der Waals surface area contributed by atoms with Gasteiger partial charge in [-0.05, 0) is 49.2 Å². The van der Waals surface area contributed by atoms with Crippen molar-refractivity contribution in [1.82, 2.24) is 4.90 Å². The summed E-state index contributed by atoms with van der Waals surface area (Å²) >= 11 is 6.18. The van der Waals surface area contributed by atoms with Gasteiger partial charge < -0.3 is 19.6 Å². The Morgan fingerprint density at radius 2 is 1.81 bits per heavy atom. The van der Waals surface area contributed by atoms with Gasteiger partial charge in [0.1, 0.15) is 11.5 Å². The summed E-state index contributed by atoms with van der Waals surface area (Å²) in [6.45, 7) is 4.70. The van der Waals surface area contributed by atoms with E-state index in [1.807, 2.05) is 57.1 Å². The van der Waals surface area contributed by atoms with Gasteiger partial charge in [0.05, 0.1) is 23.2 Å². The van der Waals surface area contributed by atoms with E-state index in [1.165, 1.54) is 0 Å². The number of hydrogen-bond acceptors (Lipinski definition) is 5. The number of ether oxygens (including phenoxy) is 1. The number of ketones is 1. The second-order valence-corrected chi connectivity index (χ2v) is 8.32. The van der Waals surface area contributed by atoms with Crippen LogP contribution in [0.4, 0.5) is 5.69 Å². The number of Topliss-reactive ketones (excluding diaryl/α,β-unsaturated/α-hetero) is 1. The second-order valence-electron chi connectivity index (χ2n) is 7.91. The Labute approximate surface area is 194 Å². The van der Waals surface area contributed by atoms with Gasteiger partial charge in [-0.3, -0.25) is 9.59 Å². The minimum atomic E-state index is -0.687. The molecular weight excluding hydrogens is 428 g/mol. The molecule has 0 bridgehead atoms. The van der Waals surface area contributed by atoms with Gasteiger partial charge in [-0.25, -0.2) is 0 Å². The molecule has 1 unspecified atom stereocenters. The van der Waals surface area contributed by atoms with Gasteiger partial charge in [0.25, 0.3) is 11.7 Å². The molecule has 7 heteroatoms. The number of amides is 1.